The van der Waals surface area contributed by atoms with Crippen LogP contribution in [0, 0.1) is 10.1 Å². The predicted octanol–water partition coefficient (Wildman–Crippen LogP) is 2.27. The summed E-state index contributed by atoms with van der Waals surface area (Å²) in [5, 5.41) is 14.8. The highest BCUT2D eigenvalue weighted by Crippen LogP contribution is 2.31. The van der Waals surface area contributed by atoms with Crippen molar-refractivity contribution in [3.05, 3.63) is 82.1 Å². The van der Waals surface area contributed by atoms with E-state index in [4.69, 9.17) is 4.74 Å². The third-order valence-corrected chi connectivity index (χ3v) is 7.08. The van der Waals surface area contributed by atoms with Crippen LogP contribution in [0.25, 0.3) is 10.9 Å². The molecule has 1 fully saturated rings. The number of nitro benzene ring substituents is 1. The molecule has 196 valence electrons. The fourth-order valence-corrected chi connectivity index (χ4v) is 5.12. The summed E-state index contributed by atoms with van der Waals surface area (Å²) in [6, 6.07) is 9.87. The van der Waals surface area contributed by atoms with Crippen LogP contribution in [-0.2, 0) is 29.1 Å². The number of amides is 3. The van der Waals surface area contributed by atoms with Crippen molar-refractivity contribution in [2.45, 2.75) is 25.6 Å². The van der Waals surface area contributed by atoms with E-state index in [0.29, 0.717) is 49.1 Å². The molecule has 0 saturated carbocycles. The summed E-state index contributed by atoms with van der Waals surface area (Å²) in [6.07, 6.45) is 3.45. The van der Waals surface area contributed by atoms with Crippen molar-refractivity contribution in [1.29, 1.82) is 0 Å². The molecule has 0 atom stereocenters. The van der Waals surface area contributed by atoms with Crippen LogP contribution in [0.4, 0.5) is 5.69 Å². The fourth-order valence-electron chi connectivity index (χ4n) is 5.12. The number of methoxy groups -OCH3 is 1. The van der Waals surface area contributed by atoms with Crippen molar-refractivity contribution in [2.24, 2.45) is 0 Å². The number of rotatable bonds is 7. The molecule has 0 radical (unpaired) electrons. The maximum absolute atomic E-state index is 13.7. The van der Waals surface area contributed by atoms with Gasteiger partial charge in [0.15, 0.2) is 0 Å². The smallest absolute Gasteiger partial charge is 0.270 e. The van der Waals surface area contributed by atoms with Gasteiger partial charge < -0.3 is 24.4 Å². The monoisotopic (exact) mass is 517 g/mol. The summed E-state index contributed by atoms with van der Waals surface area (Å²) >= 11 is 0. The molecule has 2 aliphatic heterocycles. The summed E-state index contributed by atoms with van der Waals surface area (Å²) in [6.45, 7) is 5.04. The normalized spacial score (nSPS) is 15.0. The third-order valence-electron chi connectivity index (χ3n) is 7.08. The van der Waals surface area contributed by atoms with E-state index in [1.54, 1.807) is 33.7 Å². The van der Waals surface area contributed by atoms with E-state index in [-0.39, 0.29) is 36.0 Å². The molecule has 11 nitrogen and oxygen atoms in total. The molecular weight excluding hydrogens is 490 g/mol. The van der Waals surface area contributed by atoms with Gasteiger partial charge in [0.2, 0.25) is 11.8 Å². The topological polar surface area (TPSA) is 127 Å². The van der Waals surface area contributed by atoms with Gasteiger partial charge in [-0.2, -0.15) is 0 Å². The van der Waals surface area contributed by atoms with Crippen molar-refractivity contribution in [3.63, 3.8) is 0 Å². The van der Waals surface area contributed by atoms with Gasteiger partial charge in [-0.05, 0) is 30.2 Å². The molecule has 11 heteroatoms. The van der Waals surface area contributed by atoms with Crippen LogP contribution >= 0.6 is 0 Å². The molecule has 0 spiro atoms. The Morgan fingerprint density at radius 1 is 1.21 bits per heavy atom. The first-order chi connectivity index (χ1) is 18.3. The SMILES string of the molecule is C=CC(=O)N1CC(NC(=O)Cn2cc(C(=O)N3CCc4c(cccc4OC)C3)c3cc([N+](=O)[O-])ccc32)C1. The number of likely N-dealkylation sites (tertiary alicyclic amines) is 1. The van der Waals surface area contributed by atoms with Crippen LogP contribution in [0.15, 0.2) is 55.3 Å². The number of non-ortho nitro benzene ring substituents is 1. The number of nitrogens with one attached hydrogen (secondary N) is 1. The molecular formula is C27H27N5O6. The lowest BCUT2D eigenvalue weighted by Crippen LogP contribution is -2.61. The minimum Gasteiger partial charge on any atom is -0.496 e. The van der Waals surface area contributed by atoms with Crippen LogP contribution in [0.3, 0.4) is 0 Å². The molecule has 3 heterocycles. The van der Waals surface area contributed by atoms with E-state index >= 15 is 0 Å². The highest BCUT2D eigenvalue weighted by atomic mass is 16.6. The second-order valence-corrected chi connectivity index (χ2v) is 9.42. The summed E-state index contributed by atoms with van der Waals surface area (Å²) < 4.78 is 7.09. The van der Waals surface area contributed by atoms with E-state index in [1.165, 1.54) is 18.2 Å². The number of hydrogen-bond donors (Lipinski definition) is 1. The highest BCUT2D eigenvalue weighted by molar-refractivity contribution is 6.08. The molecule has 1 aromatic heterocycles. The minimum atomic E-state index is -0.506. The first-order valence-corrected chi connectivity index (χ1v) is 12.2. The van der Waals surface area contributed by atoms with E-state index < -0.39 is 4.92 Å². The predicted molar refractivity (Wildman–Crippen MR) is 139 cm³/mol. The Bertz CT molecular complexity index is 1470. The minimum absolute atomic E-state index is 0.0759. The van der Waals surface area contributed by atoms with E-state index in [0.717, 1.165) is 16.9 Å². The van der Waals surface area contributed by atoms with Gasteiger partial charge in [0.1, 0.15) is 12.3 Å². The van der Waals surface area contributed by atoms with Crippen LogP contribution < -0.4 is 10.1 Å². The Labute approximate surface area is 218 Å². The zero-order valence-electron chi connectivity index (χ0n) is 20.9. The molecule has 1 N–H and O–H groups in total. The lowest BCUT2D eigenvalue weighted by Gasteiger charge is -2.38. The Kier molecular flexibility index (Phi) is 6.58. The zero-order valence-corrected chi connectivity index (χ0v) is 20.9. The van der Waals surface area contributed by atoms with Crippen molar-refractivity contribution in [2.75, 3.05) is 26.7 Å². The van der Waals surface area contributed by atoms with E-state index in [9.17, 15) is 24.5 Å². The summed E-state index contributed by atoms with van der Waals surface area (Å²) in [5.74, 6) is 0.0568. The van der Waals surface area contributed by atoms with Gasteiger partial charge in [0.25, 0.3) is 11.6 Å². The summed E-state index contributed by atoms with van der Waals surface area (Å²) in [7, 11) is 1.62. The number of carbonyl (C=O) groups excluding carboxylic acids is 3. The average Bonchev–Trinajstić information content (AvgIpc) is 3.26. The van der Waals surface area contributed by atoms with Crippen LogP contribution in [0.2, 0.25) is 0 Å². The molecule has 0 aliphatic carbocycles. The van der Waals surface area contributed by atoms with Gasteiger partial charge in [-0.15, -0.1) is 0 Å². The fraction of sp³-hybridized carbons (Fsp3) is 0.296. The third kappa shape index (κ3) is 4.58. The lowest BCUT2D eigenvalue weighted by molar-refractivity contribution is -0.384. The molecule has 3 aromatic rings. The Balaban J connectivity index is 1.39. The Morgan fingerprint density at radius 3 is 2.71 bits per heavy atom. The zero-order chi connectivity index (χ0) is 27.0. The van der Waals surface area contributed by atoms with Gasteiger partial charge in [0.05, 0.1) is 23.6 Å². The first kappa shape index (κ1) is 25.0. The van der Waals surface area contributed by atoms with Crippen molar-refractivity contribution in [1.82, 2.24) is 19.7 Å². The quantitative estimate of drug-likeness (QED) is 0.291. The molecule has 3 amide bonds. The average molecular weight is 518 g/mol. The molecule has 2 aliphatic rings. The number of nitro groups is 1. The lowest BCUT2D eigenvalue weighted by atomic mass is 9.98. The van der Waals surface area contributed by atoms with E-state index in [1.807, 2.05) is 18.2 Å². The van der Waals surface area contributed by atoms with Crippen molar-refractivity contribution in [3.8, 4) is 5.75 Å². The largest absolute Gasteiger partial charge is 0.496 e. The van der Waals surface area contributed by atoms with Gasteiger partial charge in [0, 0.05) is 61.0 Å². The van der Waals surface area contributed by atoms with Gasteiger partial charge in [-0.1, -0.05) is 18.7 Å². The number of benzene rings is 2. The number of carbonyl (C=O) groups is 3. The number of hydrogen-bond acceptors (Lipinski definition) is 6. The first-order valence-electron chi connectivity index (χ1n) is 12.2. The molecule has 1 saturated heterocycles. The van der Waals surface area contributed by atoms with Gasteiger partial charge >= 0.3 is 0 Å². The van der Waals surface area contributed by atoms with Crippen LogP contribution in [0.5, 0.6) is 5.75 Å². The number of fused-ring (bicyclic) bond motifs is 2. The maximum atomic E-state index is 13.7. The second-order valence-electron chi connectivity index (χ2n) is 9.42. The molecule has 38 heavy (non-hydrogen) atoms. The van der Waals surface area contributed by atoms with Gasteiger partial charge in [-0.25, -0.2) is 0 Å². The van der Waals surface area contributed by atoms with Crippen molar-refractivity contribution < 1.29 is 24.0 Å². The van der Waals surface area contributed by atoms with Crippen LogP contribution in [-0.4, -0.2) is 69.8 Å². The number of nitrogens with zero attached hydrogens (tertiary/aromatic N) is 4. The Hall–Kier alpha value is -4.67. The van der Waals surface area contributed by atoms with Gasteiger partial charge in [-0.3, -0.25) is 24.5 Å². The number of aromatic nitrogens is 1. The van der Waals surface area contributed by atoms with Crippen LogP contribution in [0.1, 0.15) is 21.5 Å². The highest BCUT2D eigenvalue weighted by Gasteiger charge is 2.31. The van der Waals surface area contributed by atoms with E-state index in [2.05, 4.69) is 11.9 Å². The molecule has 0 bridgehead atoms. The summed E-state index contributed by atoms with van der Waals surface area (Å²) in [5.41, 5.74) is 2.77. The van der Waals surface area contributed by atoms with Crippen molar-refractivity contribution >= 4 is 34.3 Å². The standard InChI is InChI=1S/C27H27N5O6/c1-3-26(34)31-13-18(14-31)28-25(33)16-30-15-22(21-11-19(32(36)37)7-8-23(21)30)27(35)29-10-9-20-17(12-29)5-4-6-24(20)38-2/h3-8,11,15,18H,1,9-10,12-14,16H2,2H3,(H,28,33). The second kappa shape index (κ2) is 10.0. The Morgan fingerprint density at radius 2 is 2.00 bits per heavy atom. The molecule has 5 rings (SSSR count). The molecule has 0 unspecified atom stereocenters. The summed E-state index contributed by atoms with van der Waals surface area (Å²) in [4.78, 5) is 52.3. The number of ether oxygens (including phenoxy) is 1. The maximum Gasteiger partial charge on any atom is 0.270 e. The molecule has 2 aromatic carbocycles.